The summed E-state index contributed by atoms with van der Waals surface area (Å²) in [5.74, 6) is -0.905. The van der Waals surface area contributed by atoms with Crippen molar-refractivity contribution >= 4 is 11.6 Å². The molecular weight excluding hydrogens is 220 g/mol. The van der Waals surface area contributed by atoms with Crippen molar-refractivity contribution < 1.29 is 9.72 Å². The predicted octanol–water partition coefficient (Wildman–Crippen LogP) is 1.94. The smallest absolute Gasteiger partial charge is 0.251 e. The van der Waals surface area contributed by atoms with Crippen LogP contribution in [0, 0.1) is 10.1 Å². The van der Waals surface area contributed by atoms with Gasteiger partial charge in [-0.3, -0.25) is 14.9 Å². The molecule has 0 saturated carbocycles. The van der Waals surface area contributed by atoms with Gasteiger partial charge in [-0.1, -0.05) is 24.8 Å². The summed E-state index contributed by atoms with van der Waals surface area (Å²) in [6.07, 6.45) is 0. The Kier molecular flexibility index (Phi) is 2.67. The van der Waals surface area contributed by atoms with Crippen molar-refractivity contribution in [2.75, 3.05) is 5.32 Å². The zero-order valence-electron chi connectivity index (χ0n) is 9.34. The Morgan fingerprint density at radius 3 is 2.76 bits per heavy atom. The molecule has 2 atom stereocenters. The van der Waals surface area contributed by atoms with Crippen LogP contribution in [0.3, 0.4) is 0 Å². The number of nitrogens with one attached hydrogen (secondary N) is 1. The molecule has 0 bridgehead atoms. The summed E-state index contributed by atoms with van der Waals surface area (Å²) in [6, 6.07) is 6.23. The van der Waals surface area contributed by atoms with Crippen LogP contribution in [0.2, 0.25) is 0 Å². The van der Waals surface area contributed by atoms with Crippen LogP contribution in [0.25, 0.3) is 0 Å². The normalized spacial score (nSPS) is 20.4. The first-order valence-corrected chi connectivity index (χ1v) is 5.25. The van der Waals surface area contributed by atoms with Crippen LogP contribution in [0.4, 0.5) is 5.69 Å². The Hall–Kier alpha value is -2.17. The molecule has 1 heterocycles. The largest absolute Gasteiger partial charge is 0.322 e. The Labute approximate surface area is 98.3 Å². The van der Waals surface area contributed by atoms with E-state index in [0.717, 1.165) is 5.56 Å². The summed E-state index contributed by atoms with van der Waals surface area (Å²) in [4.78, 5) is 22.2. The lowest BCUT2D eigenvalue weighted by atomic mass is 9.82. The zero-order valence-corrected chi connectivity index (χ0v) is 9.34. The molecule has 1 N–H and O–H groups in total. The monoisotopic (exact) mass is 232 g/mol. The molecule has 0 saturated heterocycles. The molecule has 5 nitrogen and oxygen atoms in total. The predicted molar refractivity (Wildman–Crippen MR) is 63.4 cm³/mol. The average molecular weight is 232 g/mol. The molecule has 88 valence electrons. The second-order valence-corrected chi connectivity index (χ2v) is 4.07. The molecule has 1 aliphatic heterocycles. The molecule has 1 aromatic carbocycles. The van der Waals surface area contributed by atoms with Crippen LogP contribution in [-0.4, -0.2) is 16.9 Å². The molecule has 0 spiro atoms. The second kappa shape index (κ2) is 4.01. The minimum atomic E-state index is -0.866. The van der Waals surface area contributed by atoms with Crippen molar-refractivity contribution in [3.05, 3.63) is 52.1 Å². The fraction of sp³-hybridized carbons (Fsp3) is 0.250. The van der Waals surface area contributed by atoms with E-state index in [9.17, 15) is 14.9 Å². The van der Waals surface area contributed by atoms with Crippen LogP contribution in [0.1, 0.15) is 18.4 Å². The molecule has 17 heavy (non-hydrogen) atoms. The lowest BCUT2D eigenvalue weighted by Crippen LogP contribution is -2.34. The third kappa shape index (κ3) is 1.80. The van der Waals surface area contributed by atoms with E-state index in [-0.39, 0.29) is 16.4 Å². The van der Waals surface area contributed by atoms with Crippen LogP contribution in [-0.2, 0) is 4.79 Å². The van der Waals surface area contributed by atoms with E-state index >= 15 is 0 Å². The maximum atomic E-state index is 11.7. The summed E-state index contributed by atoms with van der Waals surface area (Å²) in [5, 5.41) is 13.6. The van der Waals surface area contributed by atoms with E-state index in [4.69, 9.17) is 0 Å². The molecule has 0 radical (unpaired) electrons. The number of benzene rings is 1. The summed E-state index contributed by atoms with van der Waals surface area (Å²) >= 11 is 0. The Morgan fingerprint density at radius 2 is 2.12 bits per heavy atom. The van der Waals surface area contributed by atoms with Gasteiger partial charge in [0.1, 0.15) is 0 Å². The van der Waals surface area contributed by atoms with Crippen molar-refractivity contribution in [2.45, 2.75) is 18.9 Å². The fourth-order valence-electron chi connectivity index (χ4n) is 2.09. The van der Waals surface area contributed by atoms with Crippen molar-refractivity contribution in [1.29, 1.82) is 0 Å². The van der Waals surface area contributed by atoms with Gasteiger partial charge < -0.3 is 5.32 Å². The molecule has 2 unspecified atom stereocenters. The van der Waals surface area contributed by atoms with Gasteiger partial charge in [0.15, 0.2) is 0 Å². The van der Waals surface area contributed by atoms with Crippen LogP contribution >= 0.6 is 0 Å². The molecule has 0 aliphatic carbocycles. The molecule has 0 fully saturated rings. The highest BCUT2D eigenvalue weighted by Crippen LogP contribution is 2.37. The van der Waals surface area contributed by atoms with Gasteiger partial charge in [-0.2, -0.15) is 0 Å². The number of nitro groups is 1. The van der Waals surface area contributed by atoms with Gasteiger partial charge in [0.25, 0.3) is 5.91 Å². The van der Waals surface area contributed by atoms with Gasteiger partial charge in [-0.25, -0.2) is 0 Å². The molecule has 1 aromatic rings. The first-order valence-electron chi connectivity index (χ1n) is 5.25. The number of amides is 1. The lowest BCUT2D eigenvalue weighted by molar-refractivity contribution is -0.520. The van der Waals surface area contributed by atoms with Crippen molar-refractivity contribution in [2.24, 2.45) is 0 Å². The van der Waals surface area contributed by atoms with E-state index in [1.54, 1.807) is 24.3 Å². The number of carbonyl (C=O) groups is 1. The molecule has 1 aliphatic rings. The quantitative estimate of drug-likeness (QED) is 0.481. The van der Waals surface area contributed by atoms with E-state index in [1.165, 1.54) is 6.92 Å². The van der Waals surface area contributed by atoms with Crippen LogP contribution in [0.5, 0.6) is 0 Å². The number of rotatable bonds is 2. The van der Waals surface area contributed by atoms with Crippen molar-refractivity contribution in [3.8, 4) is 0 Å². The number of carbonyl (C=O) groups excluding carboxylic acids is 1. The highest BCUT2D eigenvalue weighted by Gasteiger charge is 2.38. The van der Waals surface area contributed by atoms with E-state index in [0.29, 0.717) is 5.69 Å². The first kappa shape index (κ1) is 11.3. The molecular formula is C12H12N2O3. The van der Waals surface area contributed by atoms with E-state index in [1.807, 2.05) is 0 Å². The number of hydrogen-bond donors (Lipinski definition) is 1. The average Bonchev–Trinajstić information content (AvgIpc) is 2.30. The second-order valence-electron chi connectivity index (χ2n) is 4.07. The van der Waals surface area contributed by atoms with Gasteiger partial charge in [0.05, 0.1) is 5.92 Å². The minimum Gasteiger partial charge on any atom is -0.322 e. The Bertz CT molecular complexity index is 510. The molecule has 0 aromatic heterocycles. The maximum Gasteiger partial charge on any atom is 0.251 e. The van der Waals surface area contributed by atoms with Crippen molar-refractivity contribution in [1.82, 2.24) is 0 Å². The number of nitrogens with zero attached hydrogens (tertiary/aromatic N) is 1. The van der Waals surface area contributed by atoms with E-state index in [2.05, 4.69) is 11.9 Å². The van der Waals surface area contributed by atoms with Gasteiger partial charge in [-0.05, 0) is 11.6 Å². The number of anilines is 1. The van der Waals surface area contributed by atoms with E-state index < -0.39 is 12.0 Å². The molecule has 2 rings (SSSR count). The maximum absolute atomic E-state index is 11.7. The van der Waals surface area contributed by atoms with Gasteiger partial charge in [0.2, 0.25) is 6.04 Å². The Morgan fingerprint density at radius 1 is 1.47 bits per heavy atom. The van der Waals surface area contributed by atoms with Gasteiger partial charge in [0, 0.05) is 23.1 Å². The highest BCUT2D eigenvalue weighted by atomic mass is 16.6. The van der Waals surface area contributed by atoms with Crippen LogP contribution in [0.15, 0.2) is 36.4 Å². The Balaban J connectivity index is 2.53. The SMILES string of the molecule is C=C1C(=O)Nc2ccccc2C1C(C)[N+](=O)[O-]. The van der Waals surface area contributed by atoms with Gasteiger partial charge >= 0.3 is 0 Å². The third-order valence-electron chi connectivity index (χ3n) is 3.03. The summed E-state index contributed by atoms with van der Waals surface area (Å²) < 4.78 is 0. The fourth-order valence-corrected chi connectivity index (χ4v) is 2.09. The minimum absolute atomic E-state index is 0.243. The molecule has 1 amide bonds. The standard InChI is InChI=1S/C12H12N2O3/c1-7-11(8(2)14(16)17)9-5-3-4-6-10(9)13-12(7)15/h3-6,8,11H,1H2,2H3,(H,13,15). The zero-order chi connectivity index (χ0) is 12.6. The third-order valence-corrected chi connectivity index (χ3v) is 3.03. The van der Waals surface area contributed by atoms with Crippen LogP contribution < -0.4 is 5.32 Å². The van der Waals surface area contributed by atoms with Gasteiger partial charge in [-0.15, -0.1) is 0 Å². The summed E-state index contributed by atoms with van der Waals surface area (Å²) in [7, 11) is 0. The first-order chi connectivity index (χ1) is 8.02. The van der Waals surface area contributed by atoms with Crippen molar-refractivity contribution in [3.63, 3.8) is 0 Å². The number of hydrogen-bond acceptors (Lipinski definition) is 3. The number of fused-ring (bicyclic) bond motifs is 1. The summed E-state index contributed by atoms with van der Waals surface area (Å²) in [5.41, 5.74) is 1.62. The molecule has 5 heteroatoms. The summed E-state index contributed by atoms with van der Waals surface area (Å²) in [6.45, 7) is 5.15. The number of para-hydroxylation sites is 1. The lowest BCUT2D eigenvalue weighted by Gasteiger charge is -2.27. The topological polar surface area (TPSA) is 72.2 Å². The highest BCUT2D eigenvalue weighted by molar-refractivity contribution is 6.07.